The highest BCUT2D eigenvalue weighted by atomic mass is 16.5. The molecule has 2 aromatic rings. The predicted octanol–water partition coefficient (Wildman–Crippen LogP) is 2.77. The standard InChI is InChI=1S/C40H65N7O4/c1-30(2)23-36(45-28-34(25-32-15-9-6-10-16-32)44-27-33(42)24-31-13-7-5-8-14-31)38(49)46-35(17-11-12-20-41)39(50)47-21-18-40(19-22-47,29-51-4)26-37(48)43-3/h5-10,13-16,30,33-36,44-45H,11-12,17-29,41-42H2,1-4H3,(H,43,48)(H,46,49)/t33?,34-,35-,36-/m1/s1. The first kappa shape index (κ1) is 42.1. The number of piperidine rings is 1. The van der Waals surface area contributed by atoms with Gasteiger partial charge in [-0.05, 0) is 75.0 Å². The molecule has 284 valence electrons. The maximum atomic E-state index is 14.0. The monoisotopic (exact) mass is 708 g/mol. The van der Waals surface area contributed by atoms with Gasteiger partial charge < -0.3 is 42.4 Å². The lowest BCUT2D eigenvalue weighted by atomic mass is 9.76. The molecule has 0 bridgehead atoms. The van der Waals surface area contributed by atoms with E-state index in [0.717, 1.165) is 25.7 Å². The molecule has 1 aliphatic rings. The first-order chi connectivity index (χ1) is 24.6. The Bertz CT molecular complexity index is 1290. The molecule has 1 heterocycles. The molecule has 11 nitrogen and oxygen atoms in total. The lowest BCUT2D eigenvalue weighted by Gasteiger charge is -2.42. The molecule has 1 fully saturated rings. The lowest BCUT2D eigenvalue weighted by molar-refractivity contribution is -0.140. The molecule has 0 aliphatic carbocycles. The van der Waals surface area contributed by atoms with Gasteiger partial charge in [-0.3, -0.25) is 14.4 Å². The quantitative estimate of drug-likeness (QED) is 0.0961. The van der Waals surface area contributed by atoms with Crippen LogP contribution in [0.2, 0.25) is 0 Å². The molecule has 51 heavy (non-hydrogen) atoms. The summed E-state index contributed by atoms with van der Waals surface area (Å²) in [7, 11) is 3.29. The predicted molar refractivity (Wildman–Crippen MR) is 205 cm³/mol. The molecule has 11 heteroatoms. The molecular weight excluding hydrogens is 642 g/mol. The van der Waals surface area contributed by atoms with Gasteiger partial charge in [-0.1, -0.05) is 74.5 Å². The van der Waals surface area contributed by atoms with E-state index in [1.54, 1.807) is 14.2 Å². The Hall–Kier alpha value is -3.35. The number of carbonyl (C=O) groups is 3. The number of ether oxygens (including phenoxy) is 1. The summed E-state index contributed by atoms with van der Waals surface area (Å²) in [5.41, 5.74) is 14.5. The van der Waals surface area contributed by atoms with Crippen molar-refractivity contribution in [1.82, 2.24) is 26.2 Å². The van der Waals surface area contributed by atoms with Crippen LogP contribution in [0.1, 0.15) is 69.9 Å². The Morgan fingerprint density at radius 2 is 1.51 bits per heavy atom. The van der Waals surface area contributed by atoms with Crippen molar-refractivity contribution in [1.29, 1.82) is 0 Å². The summed E-state index contributed by atoms with van der Waals surface area (Å²) in [6.45, 7) is 7.41. The maximum absolute atomic E-state index is 14.0. The number of nitrogens with two attached hydrogens (primary N) is 2. The molecule has 0 spiro atoms. The minimum atomic E-state index is -0.649. The summed E-state index contributed by atoms with van der Waals surface area (Å²) in [5, 5.41) is 13.1. The minimum Gasteiger partial charge on any atom is -0.384 e. The molecule has 3 amide bonds. The van der Waals surface area contributed by atoms with Crippen molar-refractivity contribution >= 4 is 17.7 Å². The van der Waals surface area contributed by atoms with Crippen LogP contribution in [0.15, 0.2) is 60.7 Å². The number of likely N-dealkylation sites (tertiary alicyclic amines) is 1. The van der Waals surface area contributed by atoms with E-state index in [-0.39, 0.29) is 41.1 Å². The molecule has 4 atom stereocenters. The average molecular weight is 708 g/mol. The smallest absolute Gasteiger partial charge is 0.245 e. The van der Waals surface area contributed by atoms with Gasteiger partial charge in [0.2, 0.25) is 17.7 Å². The minimum absolute atomic E-state index is 0.0290. The number of methoxy groups -OCH3 is 1. The van der Waals surface area contributed by atoms with Gasteiger partial charge in [0.25, 0.3) is 0 Å². The van der Waals surface area contributed by atoms with Gasteiger partial charge in [-0.15, -0.1) is 0 Å². The highest BCUT2D eigenvalue weighted by Crippen LogP contribution is 2.35. The number of carbonyl (C=O) groups excluding carboxylic acids is 3. The third kappa shape index (κ3) is 15.0. The van der Waals surface area contributed by atoms with Crippen LogP contribution in [0.25, 0.3) is 0 Å². The summed E-state index contributed by atoms with van der Waals surface area (Å²) in [6, 6.07) is 19.5. The molecule has 0 radical (unpaired) electrons. The number of hydrogen-bond acceptors (Lipinski definition) is 8. The number of nitrogens with zero attached hydrogens (tertiary/aromatic N) is 1. The van der Waals surface area contributed by atoms with Crippen LogP contribution in [-0.4, -0.2) is 100 Å². The fraction of sp³-hybridized carbons (Fsp3) is 0.625. The Morgan fingerprint density at radius 1 is 0.882 bits per heavy atom. The maximum Gasteiger partial charge on any atom is 0.245 e. The van der Waals surface area contributed by atoms with E-state index in [1.807, 2.05) is 41.3 Å². The van der Waals surface area contributed by atoms with Crippen LogP contribution in [0.4, 0.5) is 0 Å². The Morgan fingerprint density at radius 3 is 2.08 bits per heavy atom. The second-order valence-electron chi connectivity index (χ2n) is 14.8. The first-order valence-electron chi connectivity index (χ1n) is 18.9. The van der Waals surface area contributed by atoms with E-state index in [0.29, 0.717) is 71.4 Å². The Labute approximate surface area is 306 Å². The molecule has 2 aromatic carbocycles. The zero-order valence-electron chi connectivity index (χ0n) is 31.5. The van der Waals surface area contributed by atoms with Gasteiger partial charge in [0, 0.05) is 64.3 Å². The van der Waals surface area contributed by atoms with E-state index in [9.17, 15) is 14.4 Å². The topological polar surface area (TPSA) is 164 Å². The number of unbranched alkanes of at least 4 members (excludes halogenated alkanes) is 1. The highest BCUT2D eigenvalue weighted by Gasteiger charge is 2.39. The second kappa shape index (κ2) is 22.6. The van der Waals surface area contributed by atoms with Crippen molar-refractivity contribution in [2.24, 2.45) is 22.8 Å². The summed E-state index contributed by atoms with van der Waals surface area (Å²) in [6.07, 6.45) is 5.89. The molecule has 1 saturated heterocycles. The normalized spacial score (nSPS) is 16.6. The summed E-state index contributed by atoms with van der Waals surface area (Å²) in [5.74, 6) is -0.0143. The molecule has 1 aliphatic heterocycles. The van der Waals surface area contributed by atoms with Crippen LogP contribution >= 0.6 is 0 Å². The van der Waals surface area contributed by atoms with Crippen molar-refractivity contribution in [3.63, 3.8) is 0 Å². The van der Waals surface area contributed by atoms with E-state index in [1.165, 1.54) is 11.1 Å². The average Bonchev–Trinajstić information content (AvgIpc) is 3.12. The van der Waals surface area contributed by atoms with Crippen molar-refractivity contribution in [3.8, 4) is 0 Å². The molecule has 8 N–H and O–H groups in total. The Kier molecular flexibility index (Phi) is 18.6. The van der Waals surface area contributed by atoms with Gasteiger partial charge in [-0.2, -0.15) is 0 Å². The van der Waals surface area contributed by atoms with E-state index in [2.05, 4.69) is 59.4 Å². The van der Waals surface area contributed by atoms with Gasteiger partial charge in [-0.25, -0.2) is 0 Å². The van der Waals surface area contributed by atoms with Gasteiger partial charge in [0.15, 0.2) is 0 Å². The second-order valence-corrected chi connectivity index (χ2v) is 14.8. The van der Waals surface area contributed by atoms with Crippen LogP contribution in [0.5, 0.6) is 0 Å². The third-order valence-corrected chi connectivity index (χ3v) is 9.93. The zero-order valence-corrected chi connectivity index (χ0v) is 31.5. The number of benzene rings is 2. The molecule has 3 rings (SSSR count). The van der Waals surface area contributed by atoms with E-state index < -0.39 is 12.1 Å². The fourth-order valence-corrected chi connectivity index (χ4v) is 7.01. The van der Waals surface area contributed by atoms with Gasteiger partial charge >= 0.3 is 0 Å². The SMILES string of the molecule is CNC(=O)CC1(COC)CCN(C(=O)[C@@H](CCCCN)NC(=O)[C@@H](CC(C)C)NC[C@@H](Cc2ccccc2)NCC(N)Cc2ccccc2)CC1. The molecular formula is C40H65N7O4. The van der Waals surface area contributed by atoms with Crippen molar-refractivity contribution in [2.75, 3.05) is 53.5 Å². The highest BCUT2D eigenvalue weighted by molar-refractivity contribution is 5.90. The zero-order chi connectivity index (χ0) is 37.1. The van der Waals surface area contributed by atoms with Crippen LogP contribution in [0, 0.1) is 11.3 Å². The van der Waals surface area contributed by atoms with Crippen LogP contribution in [-0.2, 0) is 32.0 Å². The van der Waals surface area contributed by atoms with Crippen LogP contribution in [0.3, 0.4) is 0 Å². The van der Waals surface area contributed by atoms with Gasteiger partial charge in [0.1, 0.15) is 6.04 Å². The van der Waals surface area contributed by atoms with E-state index >= 15 is 0 Å². The van der Waals surface area contributed by atoms with E-state index in [4.69, 9.17) is 16.2 Å². The first-order valence-corrected chi connectivity index (χ1v) is 18.9. The van der Waals surface area contributed by atoms with Crippen LogP contribution < -0.4 is 32.7 Å². The molecule has 1 unspecified atom stereocenters. The number of hydrogen-bond donors (Lipinski definition) is 6. The van der Waals surface area contributed by atoms with Crippen molar-refractivity contribution in [2.45, 2.75) is 95.8 Å². The summed E-state index contributed by atoms with van der Waals surface area (Å²) < 4.78 is 5.50. The molecule has 0 saturated carbocycles. The third-order valence-electron chi connectivity index (χ3n) is 9.93. The van der Waals surface area contributed by atoms with Crippen molar-refractivity contribution < 1.29 is 19.1 Å². The molecule has 0 aromatic heterocycles. The summed E-state index contributed by atoms with van der Waals surface area (Å²) >= 11 is 0. The number of amides is 3. The Balaban J connectivity index is 1.69. The number of nitrogens with one attached hydrogen (secondary N) is 4. The fourth-order valence-electron chi connectivity index (χ4n) is 7.01. The number of rotatable bonds is 23. The lowest BCUT2D eigenvalue weighted by Crippen LogP contribution is -2.57. The largest absolute Gasteiger partial charge is 0.384 e. The summed E-state index contributed by atoms with van der Waals surface area (Å²) in [4.78, 5) is 42.2. The van der Waals surface area contributed by atoms with Gasteiger partial charge in [0.05, 0.1) is 12.6 Å². The van der Waals surface area contributed by atoms with Crippen molar-refractivity contribution in [3.05, 3.63) is 71.8 Å².